The van der Waals surface area contributed by atoms with Crippen LogP contribution in [0.3, 0.4) is 0 Å². The third-order valence-electron chi connectivity index (χ3n) is 2.80. The van der Waals surface area contributed by atoms with Gasteiger partial charge < -0.3 is 5.32 Å². The topological polar surface area (TPSA) is 12.0 Å². The smallest absolute Gasteiger partial charge is 0.163 e. The van der Waals surface area contributed by atoms with E-state index in [2.05, 4.69) is 5.32 Å². The van der Waals surface area contributed by atoms with Gasteiger partial charge in [0.1, 0.15) is 0 Å². The molecule has 0 spiro atoms. The molecule has 1 nitrogen and oxygen atoms in total. The summed E-state index contributed by atoms with van der Waals surface area (Å²) in [6, 6.07) is 10.8. The number of halogens is 3. The maximum absolute atomic E-state index is 13.8. The Morgan fingerprint density at radius 2 is 1.67 bits per heavy atom. The molecule has 0 aromatic heterocycles. The molecule has 0 aliphatic heterocycles. The van der Waals surface area contributed by atoms with E-state index in [9.17, 15) is 8.78 Å². The first kappa shape index (κ1) is 13.0. The van der Waals surface area contributed by atoms with Crippen molar-refractivity contribution in [3.63, 3.8) is 0 Å². The molecule has 0 saturated heterocycles. The number of rotatable bonds is 3. The van der Waals surface area contributed by atoms with Crippen molar-refractivity contribution in [1.82, 2.24) is 5.32 Å². The van der Waals surface area contributed by atoms with Crippen LogP contribution in [0.1, 0.15) is 17.2 Å². The van der Waals surface area contributed by atoms with Gasteiger partial charge in [0.05, 0.1) is 6.04 Å². The van der Waals surface area contributed by atoms with Crippen LogP contribution in [-0.4, -0.2) is 7.05 Å². The Kier molecular flexibility index (Phi) is 3.94. The molecule has 0 aliphatic rings. The van der Waals surface area contributed by atoms with E-state index in [0.29, 0.717) is 10.6 Å². The van der Waals surface area contributed by atoms with Crippen LogP contribution in [0.4, 0.5) is 8.78 Å². The van der Waals surface area contributed by atoms with Crippen LogP contribution in [0.25, 0.3) is 0 Å². The van der Waals surface area contributed by atoms with Crippen LogP contribution in [0.15, 0.2) is 42.5 Å². The summed E-state index contributed by atoms with van der Waals surface area (Å²) in [6.45, 7) is 0. The fourth-order valence-electron chi connectivity index (χ4n) is 1.93. The predicted octanol–water partition coefficient (Wildman–Crippen LogP) is 3.93. The molecule has 0 fully saturated rings. The fourth-order valence-corrected chi connectivity index (χ4v) is 2.18. The van der Waals surface area contributed by atoms with E-state index in [1.54, 1.807) is 31.3 Å². The zero-order valence-corrected chi connectivity index (χ0v) is 10.5. The molecule has 1 atom stereocenters. The number of hydrogen-bond donors (Lipinski definition) is 1. The van der Waals surface area contributed by atoms with Gasteiger partial charge in [0.2, 0.25) is 0 Å². The summed E-state index contributed by atoms with van der Waals surface area (Å²) in [5.74, 6) is -1.71. The average molecular weight is 268 g/mol. The number of benzene rings is 2. The first-order valence-electron chi connectivity index (χ1n) is 5.50. The Morgan fingerprint density at radius 1 is 1.00 bits per heavy atom. The minimum absolute atomic E-state index is 0.241. The molecule has 1 unspecified atom stereocenters. The molecule has 2 rings (SSSR count). The second kappa shape index (κ2) is 5.46. The van der Waals surface area contributed by atoms with E-state index in [4.69, 9.17) is 11.6 Å². The van der Waals surface area contributed by atoms with Crippen molar-refractivity contribution < 1.29 is 8.78 Å². The Balaban J connectivity index is 2.53. The molecule has 18 heavy (non-hydrogen) atoms. The maximum atomic E-state index is 13.8. The lowest BCUT2D eigenvalue weighted by Crippen LogP contribution is -2.19. The molecule has 2 aromatic rings. The summed E-state index contributed by atoms with van der Waals surface area (Å²) in [5.41, 5.74) is 0.955. The van der Waals surface area contributed by atoms with Crippen LogP contribution >= 0.6 is 11.6 Å². The molecule has 0 amide bonds. The van der Waals surface area contributed by atoms with Gasteiger partial charge >= 0.3 is 0 Å². The Labute approximate surface area is 109 Å². The molecule has 4 heteroatoms. The van der Waals surface area contributed by atoms with Crippen molar-refractivity contribution in [3.05, 3.63) is 70.2 Å². The van der Waals surface area contributed by atoms with Gasteiger partial charge in [0.25, 0.3) is 0 Å². The highest BCUT2D eigenvalue weighted by Crippen LogP contribution is 2.29. The van der Waals surface area contributed by atoms with Crippen molar-refractivity contribution in [3.8, 4) is 0 Å². The molecular weight excluding hydrogens is 256 g/mol. The minimum Gasteiger partial charge on any atom is -0.309 e. The van der Waals surface area contributed by atoms with Crippen molar-refractivity contribution >= 4 is 11.6 Å². The third kappa shape index (κ3) is 2.37. The molecule has 0 bridgehead atoms. The highest BCUT2D eigenvalue weighted by Gasteiger charge is 2.20. The molecule has 0 saturated carbocycles. The lowest BCUT2D eigenvalue weighted by atomic mass is 9.98. The first-order chi connectivity index (χ1) is 8.65. The molecule has 2 aromatic carbocycles. The number of nitrogens with one attached hydrogen (secondary N) is 1. The van der Waals surface area contributed by atoms with Crippen LogP contribution in [0, 0.1) is 11.6 Å². The molecule has 0 heterocycles. The van der Waals surface area contributed by atoms with Gasteiger partial charge in [-0.1, -0.05) is 41.9 Å². The lowest BCUT2D eigenvalue weighted by Gasteiger charge is -2.19. The van der Waals surface area contributed by atoms with Crippen molar-refractivity contribution in [2.45, 2.75) is 6.04 Å². The van der Waals surface area contributed by atoms with Gasteiger partial charge in [0, 0.05) is 10.6 Å². The van der Waals surface area contributed by atoms with E-state index in [0.717, 1.165) is 6.07 Å². The summed E-state index contributed by atoms with van der Waals surface area (Å²) in [7, 11) is 1.68. The molecular formula is C14H12ClF2N. The normalized spacial score (nSPS) is 12.4. The standard InChI is InChI=1S/C14H12ClF2N/c1-18-14(9-5-2-3-7-11(9)15)10-6-4-8-12(16)13(10)17/h2-8,14,18H,1H3. The summed E-state index contributed by atoms with van der Waals surface area (Å²) in [6.07, 6.45) is 0. The monoisotopic (exact) mass is 267 g/mol. The molecule has 0 aliphatic carbocycles. The van der Waals surface area contributed by atoms with E-state index in [-0.39, 0.29) is 5.56 Å². The quantitative estimate of drug-likeness (QED) is 0.889. The zero-order chi connectivity index (χ0) is 13.1. The highest BCUT2D eigenvalue weighted by atomic mass is 35.5. The fraction of sp³-hybridized carbons (Fsp3) is 0.143. The van der Waals surface area contributed by atoms with Gasteiger partial charge in [-0.05, 0) is 24.7 Å². The molecule has 0 radical (unpaired) electrons. The Bertz CT molecular complexity index is 557. The van der Waals surface area contributed by atoms with Gasteiger partial charge in [0.15, 0.2) is 11.6 Å². The van der Waals surface area contributed by atoms with Crippen molar-refractivity contribution in [1.29, 1.82) is 0 Å². The summed E-state index contributed by atoms with van der Waals surface area (Å²) >= 11 is 6.08. The summed E-state index contributed by atoms with van der Waals surface area (Å²) < 4.78 is 27.1. The lowest BCUT2D eigenvalue weighted by molar-refractivity contribution is 0.487. The van der Waals surface area contributed by atoms with Crippen molar-refractivity contribution in [2.24, 2.45) is 0 Å². The molecule has 94 valence electrons. The van der Waals surface area contributed by atoms with E-state index in [1.165, 1.54) is 6.07 Å². The van der Waals surface area contributed by atoms with Gasteiger partial charge in [-0.2, -0.15) is 0 Å². The average Bonchev–Trinajstić information content (AvgIpc) is 2.37. The van der Waals surface area contributed by atoms with Gasteiger partial charge in [-0.15, -0.1) is 0 Å². The minimum atomic E-state index is -0.861. The van der Waals surface area contributed by atoms with E-state index < -0.39 is 17.7 Å². The van der Waals surface area contributed by atoms with E-state index in [1.807, 2.05) is 6.07 Å². The summed E-state index contributed by atoms with van der Waals surface area (Å²) in [5, 5.41) is 3.47. The van der Waals surface area contributed by atoms with Crippen LogP contribution < -0.4 is 5.32 Å². The second-order valence-electron chi connectivity index (χ2n) is 3.89. The maximum Gasteiger partial charge on any atom is 0.163 e. The molecule has 1 N–H and O–H groups in total. The number of hydrogen-bond acceptors (Lipinski definition) is 1. The Hall–Kier alpha value is -1.45. The van der Waals surface area contributed by atoms with Crippen LogP contribution in [-0.2, 0) is 0 Å². The SMILES string of the molecule is CNC(c1ccccc1Cl)c1cccc(F)c1F. The predicted molar refractivity (Wildman–Crippen MR) is 68.7 cm³/mol. The van der Waals surface area contributed by atoms with Crippen molar-refractivity contribution in [2.75, 3.05) is 7.05 Å². The van der Waals surface area contributed by atoms with Gasteiger partial charge in [-0.25, -0.2) is 8.78 Å². The third-order valence-corrected chi connectivity index (χ3v) is 3.14. The Morgan fingerprint density at radius 3 is 2.33 bits per heavy atom. The highest BCUT2D eigenvalue weighted by molar-refractivity contribution is 6.31. The van der Waals surface area contributed by atoms with Crippen LogP contribution in [0.2, 0.25) is 5.02 Å². The first-order valence-corrected chi connectivity index (χ1v) is 5.88. The largest absolute Gasteiger partial charge is 0.309 e. The van der Waals surface area contributed by atoms with E-state index >= 15 is 0 Å². The van der Waals surface area contributed by atoms with Gasteiger partial charge in [-0.3, -0.25) is 0 Å². The van der Waals surface area contributed by atoms with Crippen LogP contribution in [0.5, 0.6) is 0 Å². The zero-order valence-electron chi connectivity index (χ0n) is 9.75. The summed E-state index contributed by atoms with van der Waals surface area (Å²) in [4.78, 5) is 0. The second-order valence-corrected chi connectivity index (χ2v) is 4.29.